The first-order valence-corrected chi connectivity index (χ1v) is 10.4. The first-order valence-electron chi connectivity index (χ1n) is 10.4. The maximum atomic E-state index is 12.8. The van der Waals surface area contributed by atoms with Gasteiger partial charge in [-0.2, -0.15) is 0 Å². The molecule has 0 aromatic heterocycles. The van der Waals surface area contributed by atoms with E-state index in [-0.39, 0.29) is 35.9 Å². The lowest BCUT2D eigenvalue weighted by Crippen LogP contribution is -2.61. The Kier molecular flexibility index (Phi) is 7.54. The Morgan fingerprint density at radius 2 is 1.89 bits per heavy atom. The summed E-state index contributed by atoms with van der Waals surface area (Å²) in [4.78, 5) is 12.8. The van der Waals surface area contributed by atoms with Crippen LogP contribution in [0.3, 0.4) is 0 Å². The van der Waals surface area contributed by atoms with Crippen LogP contribution < -0.4 is 5.32 Å². The minimum absolute atomic E-state index is 0.0187. The van der Waals surface area contributed by atoms with Gasteiger partial charge in [-0.1, -0.05) is 20.8 Å². The zero-order chi connectivity index (χ0) is 21.3. The van der Waals surface area contributed by atoms with Crippen molar-refractivity contribution in [3.8, 4) is 0 Å². The number of hydrogen-bond acceptors (Lipinski definition) is 6. The number of amides is 1. The van der Waals surface area contributed by atoms with Gasteiger partial charge in [0.2, 0.25) is 5.79 Å². The number of rotatable bonds is 6. The number of hydrogen-bond donors (Lipinski definition) is 2. The molecule has 2 rings (SSSR count). The number of carbonyl (C=O) groups excluding carboxylic acids is 1. The lowest BCUT2D eigenvalue weighted by molar-refractivity contribution is -0.308. The van der Waals surface area contributed by atoms with E-state index in [1.54, 1.807) is 7.11 Å². The fourth-order valence-corrected chi connectivity index (χ4v) is 4.20. The van der Waals surface area contributed by atoms with Gasteiger partial charge in [-0.15, -0.1) is 0 Å². The minimum Gasteiger partial charge on any atom is -0.381 e. The third-order valence-corrected chi connectivity index (χ3v) is 7.06. The van der Waals surface area contributed by atoms with Gasteiger partial charge in [-0.25, -0.2) is 0 Å². The fourth-order valence-electron chi connectivity index (χ4n) is 4.20. The Bertz CT molecular complexity index is 541. The average molecular weight is 402 g/mol. The number of aliphatic hydroxyl groups is 1. The molecule has 0 aromatic carbocycles. The molecule has 0 spiro atoms. The van der Waals surface area contributed by atoms with Crippen LogP contribution in [0.5, 0.6) is 0 Å². The molecular formula is C21H39NO6. The van der Waals surface area contributed by atoms with Crippen molar-refractivity contribution < 1.29 is 28.8 Å². The summed E-state index contributed by atoms with van der Waals surface area (Å²) in [6, 6.07) is -0.285. The van der Waals surface area contributed by atoms with Crippen molar-refractivity contribution in [3.05, 3.63) is 0 Å². The van der Waals surface area contributed by atoms with Gasteiger partial charge in [-0.3, -0.25) is 4.79 Å². The van der Waals surface area contributed by atoms with Crippen molar-refractivity contribution >= 4 is 5.91 Å². The normalized spacial score (nSPS) is 40.5. The second-order valence-electron chi connectivity index (χ2n) is 9.15. The third-order valence-electron chi connectivity index (χ3n) is 7.06. The molecule has 0 unspecified atom stereocenters. The molecule has 8 atom stereocenters. The van der Waals surface area contributed by atoms with Crippen LogP contribution in [0.15, 0.2) is 0 Å². The number of carbonyl (C=O) groups is 1. The lowest BCUT2D eigenvalue weighted by atomic mass is 9.76. The molecule has 164 valence electrons. The standard InChI is InChI=1S/C21H39NO6/c1-12-9-10-21(26-8,28-14(12)3)18(23)19(24)22-13(2)16-11-17(25-7)20(5,6)15(4)27-16/h12-18,23H,9-11H2,1-8H3,(H,22,24)/t12-,13-,14-,15-,16+,17-,18-,21-/m1/s1. The number of ether oxygens (including phenoxy) is 4. The summed E-state index contributed by atoms with van der Waals surface area (Å²) in [5.41, 5.74) is -0.114. The van der Waals surface area contributed by atoms with E-state index in [2.05, 4.69) is 26.1 Å². The van der Waals surface area contributed by atoms with E-state index in [0.717, 1.165) is 6.42 Å². The van der Waals surface area contributed by atoms with Gasteiger partial charge >= 0.3 is 0 Å². The summed E-state index contributed by atoms with van der Waals surface area (Å²) in [7, 11) is 3.18. The second kappa shape index (κ2) is 8.96. The topological polar surface area (TPSA) is 86.3 Å². The first-order chi connectivity index (χ1) is 13.0. The van der Waals surface area contributed by atoms with Crippen molar-refractivity contribution in [2.75, 3.05) is 14.2 Å². The quantitative estimate of drug-likeness (QED) is 0.710. The van der Waals surface area contributed by atoms with Crippen LogP contribution in [0.1, 0.15) is 60.8 Å². The predicted molar refractivity (Wildman–Crippen MR) is 106 cm³/mol. The van der Waals surface area contributed by atoms with Crippen LogP contribution in [0.2, 0.25) is 0 Å². The van der Waals surface area contributed by atoms with E-state index < -0.39 is 17.8 Å². The van der Waals surface area contributed by atoms with Gasteiger partial charge < -0.3 is 29.4 Å². The van der Waals surface area contributed by atoms with Crippen molar-refractivity contribution in [2.24, 2.45) is 11.3 Å². The van der Waals surface area contributed by atoms with Gasteiger partial charge in [-0.05, 0) is 33.1 Å². The molecule has 0 aromatic rings. The number of aliphatic hydroxyl groups excluding tert-OH is 1. The molecule has 7 nitrogen and oxygen atoms in total. The fraction of sp³-hybridized carbons (Fsp3) is 0.952. The zero-order valence-corrected chi connectivity index (χ0v) is 18.7. The van der Waals surface area contributed by atoms with Gasteiger partial charge in [0.25, 0.3) is 5.91 Å². The van der Waals surface area contributed by atoms with Gasteiger partial charge in [0.15, 0.2) is 6.10 Å². The summed E-state index contributed by atoms with van der Waals surface area (Å²) in [6.45, 7) is 12.2. The van der Waals surface area contributed by atoms with E-state index in [0.29, 0.717) is 18.8 Å². The van der Waals surface area contributed by atoms with E-state index in [9.17, 15) is 9.90 Å². The Balaban J connectivity index is 2.03. The highest BCUT2D eigenvalue weighted by Crippen LogP contribution is 2.39. The van der Waals surface area contributed by atoms with Crippen molar-refractivity contribution in [1.82, 2.24) is 5.32 Å². The van der Waals surface area contributed by atoms with Gasteiger partial charge in [0.05, 0.1) is 30.5 Å². The first kappa shape index (κ1) is 23.5. The largest absolute Gasteiger partial charge is 0.381 e. The van der Waals surface area contributed by atoms with Crippen LogP contribution in [-0.2, 0) is 23.7 Å². The molecule has 2 N–H and O–H groups in total. The van der Waals surface area contributed by atoms with Crippen molar-refractivity contribution in [1.29, 1.82) is 0 Å². The zero-order valence-electron chi connectivity index (χ0n) is 18.7. The number of nitrogens with one attached hydrogen (secondary N) is 1. The number of methoxy groups -OCH3 is 2. The molecule has 1 amide bonds. The molecule has 2 aliphatic rings. The SMILES string of the molecule is CO[C@@H]1C[C@@H]([C@@H](C)NC(=O)[C@@H](O)[C@@]2(OC)CC[C@@H](C)[C@@H](C)O2)O[C@H](C)C1(C)C. The maximum Gasteiger partial charge on any atom is 0.254 e. The molecule has 0 bridgehead atoms. The molecule has 2 aliphatic heterocycles. The Morgan fingerprint density at radius 1 is 1.25 bits per heavy atom. The summed E-state index contributed by atoms with van der Waals surface area (Å²) >= 11 is 0. The van der Waals surface area contributed by atoms with E-state index in [4.69, 9.17) is 18.9 Å². The molecule has 0 radical (unpaired) electrons. The molecule has 0 saturated carbocycles. The summed E-state index contributed by atoms with van der Waals surface area (Å²) < 4.78 is 23.3. The predicted octanol–water partition coefficient (Wildman–Crippen LogP) is 2.25. The third kappa shape index (κ3) is 4.54. The van der Waals surface area contributed by atoms with E-state index in [1.807, 2.05) is 20.8 Å². The highest BCUT2D eigenvalue weighted by atomic mass is 16.7. The van der Waals surface area contributed by atoms with E-state index in [1.165, 1.54) is 7.11 Å². The van der Waals surface area contributed by atoms with E-state index >= 15 is 0 Å². The lowest BCUT2D eigenvalue weighted by Gasteiger charge is -2.47. The maximum absolute atomic E-state index is 12.8. The molecule has 28 heavy (non-hydrogen) atoms. The molecular weight excluding hydrogens is 362 g/mol. The van der Waals surface area contributed by atoms with Crippen LogP contribution in [0.25, 0.3) is 0 Å². The summed E-state index contributed by atoms with van der Waals surface area (Å²) in [5, 5.41) is 13.6. The van der Waals surface area contributed by atoms with Crippen molar-refractivity contribution in [3.63, 3.8) is 0 Å². The Morgan fingerprint density at radius 3 is 2.43 bits per heavy atom. The van der Waals surface area contributed by atoms with Crippen LogP contribution in [-0.4, -0.2) is 67.6 Å². The smallest absolute Gasteiger partial charge is 0.254 e. The molecule has 2 fully saturated rings. The van der Waals surface area contributed by atoms with Crippen LogP contribution in [0.4, 0.5) is 0 Å². The summed E-state index contributed by atoms with van der Waals surface area (Å²) in [5.74, 6) is -1.47. The second-order valence-corrected chi connectivity index (χ2v) is 9.15. The monoisotopic (exact) mass is 401 g/mol. The minimum atomic E-state index is -1.41. The summed E-state index contributed by atoms with van der Waals surface area (Å²) in [6.07, 6.45) is 0.263. The van der Waals surface area contributed by atoms with Crippen LogP contribution >= 0.6 is 0 Å². The Hall–Kier alpha value is -0.730. The highest BCUT2D eigenvalue weighted by Gasteiger charge is 2.49. The van der Waals surface area contributed by atoms with Crippen molar-refractivity contribution in [2.45, 2.75) is 103 Å². The molecule has 0 aliphatic carbocycles. The average Bonchev–Trinajstić information content (AvgIpc) is 2.65. The van der Waals surface area contributed by atoms with Gasteiger partial charge in [0.1, 0.15) is 0 Å². The molecule has 2 heterocycles. The van der Waals surface area contributed by atoms with Crippen LogP contribution in [0, 0.1) is 11.3 Å². The Labute approximate surface area is 169 Å². The molecule has 2 saturated heterocycles. The van der Waals surface area contributed by atoms with Gasteiger partial charge in [0, 0.05) is 32.5 Å². The molecule has 7 heteroatoms. The highest BCUT2D eigenvalue weighted by molar-refractivity contribution is 5.82.